The molecule has 204 valence electrons. The summed E-state index contributed by atoms with van der Waals surface area (Å²) in [6, 6.07) is 40.7. The molecule has 0 spiro atoms. The normalized spacial score (nSPS) is 19.7. The van der Waals surface area contributed by atoms with Gasteiger partial charge in [0.25, 0.3) is 0 Å². The third-order valence-electron chi connectivity index (χ3n) is 10.2. The predicted molar refractivity (Wildman–Crippen MR) is 182 cm³/mol. The van der Waals surface area contributed by atoms with E-state index in [1.54, 1.807) is 0 Å². The van der Waals surface area contributed by atoms with Gasteiger partial charge >= 0.3 is 0 Å². The van der Waals surface area contributed by atoms with E-state index in [1.165, 1.54) is 77.9 Å². The van der Waals surface area contributed by atoms with E-state index >= 15 is 0 Å². The molecule has 0 aromatic heterocycles. The molecule has 5 aromatic carbocycles. The first-order valence-electron chi connectivity index (χ1n) is 15.5. The van der Waals surface area contributed by atoms with Gasteiger partial charge in [0.15, 0.2) is 0 Å². The van der Waals surface area contributed by atoms with Crippen LogP contribution in [0.4, 0.5) is 0 Å². The zero-order chi connectivity index (χ0) is 28.7. The van der Waals surface area contributed by atoms with Crippen molar-refractivity contribution in [3.63, 3.8) is 0 Å². The van der Waals surface area contributed by atoms with Crippen molar-refractivity contribution < 1.29 is 0 Å². The highest BCUT2D eigenvalue weighted by Crippen LogP contribution is 2.60. The number of benzene rings is 5. The Hall–Kier alpha value is -4.94. The lowest BCUT2D eigenvalue weighted by Crippen LogP contribution is -2.15. The lowest BCUT2D eigenvalue weighted by atomic mass is 9.77. The standard InChI is InChI=1S/C43H32/c1-43(2)37-22-10-9-19-31(37)32-24-23-30(25-38(32)43)36-26-35(27-13-5-3-6-14-27)41-33-20-11-17-28-18-12-21-34(39(28)33)42(41)40(36)29-15-7-4-8-16-29/h3-26,28,39H,1-2H3. The van der Waals surface area contributed by atoms with E-state index < -0.39 is 0 Å². The number of allylic oxidation sites excluding steroid dienone is 8. The molecule has 2 unspecified atom stereocenters. The van der Waals surface area contributed by atoms with E-state index in [-0.39, 0.29) is 5.41 Å². The Balaban J connectivity index is 1.39. The quantitative estimate of drug-likeness (QED) is 0.210. The number of hydrogen-bond acceptors (Lipinski definition) is 0. The SMILES string of the molecule is CC1(C)c2ccccc2-c2ccc(-c3cc(-c4ccccc4)c4c(c3-c3ccccc3)C3=CC=CC5C=CC=C4C35)cc21. The van der Waals surface area contributed by atoms with Gasteiger partial charge in [-0.1, -0.05) is 147 Å². The van der Waals surface area contributed by atoms with Gasteiger partial charge in [-0.25, -0.2) is 0 Å². The van der Waals surface area contributed by atoms with E-state index in [4.69, 9.17) is 0 Å². The molecule has 0 saturated heterocycles. The Bertz CT molecular complexity index is 2080. The molecule has 5 aromatic rings. The largest absolute Gasteiger partial charge is 0.0767 e. The molecule has 9 rings (SSSR count). The van der Waals surface area contributed by atoms with Crippen LogP contribution in [0, 0.1) is 11.8 Å². The molecule has 0 radical (unpaired) electrons. The Labute approximate surface area is 254 Å². The maximum absolute atomic E-state index is 2.49. The van der Waals surface area contributed by atoms with Gasteiger partial charge in [0.2, 0.25) is 0 Å². The van der Waals surface area contributed by atoms with Crippen LogP contribution in [0.3, 0.4) is 0 Å². The van der Waals surface area contributed by atoms with Gasteiger partial charge in [0.05, 0.1) is 0 Å². The van der Waals surface area contributed by atoms with Crippen LogP contribution in [-0.4, -0.2) is 0 Å². The summed E-state index contributed by atoms with van der Waals surface area (Å²) < 4.78 is 0. The lowest BCUT2D eigenvalue weighted by molar-refractivity contribution is 0.660. The van der Waals surface area contributed by atoms with Crippen LogP contribution >= 0.6 is 0 Å². The molecule has 0 nitrogen and oxygen atoms in total. The van der Waals surface area contributed by atoms with Crippen LogP contribution in [-0.2, 0) is 5.41 Å². The average molecular weight is 549 g/mol. The smallest absolute Gasteiger partial charge is 0.0200 e. The van der Waals surface area contributed by atoms with Crippen LogP contribution in [0.5, 0.6) is 0 Å². The maximum Gasteiger partial charge on any atom is 0.0200 e. The Morgan fingerprint density at radius 1 is 0.465 bits per heavy atom. The van der Waals surface area contributed by atoms with Crippen molar-refractivity contribution in [3.05, 3.63) is 168 Å². The summed E-state index contributed by atoms with van der Waals surface area (Å²) in [5.74, 6) is 0.751. The fraction of sp³-hybridized carbons (Fsp3) is 0.116. The lowest BCUT2D eigenvalue weighted by Gasteiger charge is -2.26. The summed E-state index contributed by atoms with van der Waals surface area (Å²) in [5.41, 5.74) is 19.0. The highest BCUT2D eigenvalue weighted by Gasteiger charge is 2.42. The fourth-order valence-electron chi connectivity index (χ4n) is 8.25. The molecule has 2 atom stereocenters. The first kappa shape index (κ1) is 24.6. The van der Waals surface area contributed by atoms with Crippen molar-refractivity contribution >= 4 is 11.1 Å². The number of fused-ring (bicyclic) bond motifs is 6. The molecule has 43 heavy (non-hydrogen) atoms. The van der Waals surface area contributed by atoms with E-state index in [0.29, 0.717) is 11.8 Å². The Morgan fingerprint density at radius 3 is 1.81 bits per heavy atom. The minimum Gasteiger partial charge on any atom is -0.0767 e. The van der Waals surface area contributed by atoms with Crippen LogP contribution in [0.1, 0.15) is 36.1 Å². The van der Waals surface area contributed by atoms with Gasteiger partial charge in [-0.3, -0.25) is 0 Å². The summed E-state index contributed by atoms with van der Waals surface area (Å²) in [6.07, 6.45) is 14.0. The van der Waals surface area contributed by atoms with Crippen LogP contribution in [0.2, 0.25) is 0 Å². The minimum absolute atomic E-state index is 0.0524. The van der Waals surface area contributed by atoms with Gasteiger partial charge in [0, 0.05) is 17.3 Å². The highest BCUT2D eigenvalue weighted by atomic mass is 14.4. The first-order chi connectivity index (χ1) is 21.1. The fourth-order valence-corrected chi connectivity index (χ4v) is 8.25. The third kappa shape index (κ3) is 3.44. The summed E-state index contributed by atoms with van der Waals surface area (Å²) in [7, 11) is 0. The number of hydrogen-bond donors (Lipinski definition) is 0. The van der Waals surface area contributed by atoms with Crippen LogP contribution in [0.15, 0.2) is 146 Å². The summed E-state index contributed by atoms with van der Waals surface area (Å²) in [6.45, 7) is 4.75. The third-order valence-corrected chi connectivity index (χ3v) is 10.2. The average Bonchev–Trinajstić information content (AvgIpc) is 3.51. The van der Waals surface area contributed by atoms with Gasteiger partial charge < -0.3 is 0 Å². The van der Waals surface area contributed by atoms with Crippen molar-refractivity contribution in [1.82, 2.24) is 0 Å². The summed E-state index contributed by atoms with van der Waals surface area (Å²) >= 11 is 0. The van der Waals surface area contributed by atoms with E-state index in [2.05, 4.69) is 159 Å². The molecule has 0 heterocycles. The second-order valence-corrected chi connectivity index (χ2v) is 12.8. The highest BCUT2D eigenvalue weighted by molar-refractivity contribution is 6.10. The Kier molecular flexibility index (Phi) is 5.17. The van der Waals surface area contributed by atoms with E-state index in [0.717, 1.165) is 0 Å². The molecular weight excluding hydrogens is 516 g/mol. The molecule has 0 fully saturated rings. The molecule has 0 amide bonds. The Morgan fingerprint density at radius 2 is 1.07 bits per heavy atom. The second-order valence-electron chi connectivity index (χ2n) is 12.8. The first-order valence-corrected chi connectivity index (χ1v) is 15.5. The van der Waals surface area contributed by atoms with Crippen molar-refractivity contribution in [2.24, 2.45) is 11.8 Å². The molecule has 4 aliphatic carbocycles. The molecule has 0 aliphatic heterocycles. The van der Waals surface area contributed by atoms with Gasteiger partial charge in [-0.15, -0.1) is 0 Å². The van der Waals surface area contributed by atoms with Gasteiger partial charge in [0.1, 0.15) is 0 Å². The second kappa shape index (κ2) is 9.03. The minimum atomic E-state index is -0.0524. The molecule has 0 saturated carbocycles. The van der Waals surface area contributed by atoms with E-state index in [9.17, 15) is 0 Å². The van der Waals surface area contributed by atoms with Gasteiger partial charge in [-0.2, -0.15) is 0 Å². The zero-order valence-electron chi connectivity index (χ0n) is 24.5. The van der Waals surface area contributed by atoms with Crippen LogP contribution in [0.25, 0.3) is 55.7 Å². The maximum atomic E-state index is 2.49. The molecule has 0 N–H and O–H groups in total. The van der Waals surface area contributed by atoms with Crippen molar-refractivity contribution in [3.8, 4) is 44.5 Å². The summed E-state index contributed by atoms with van der Waals surface area (Å²) in [4.78, 5) is 0. The van der Waals surface area contributed by atoms with E-state index in [1.807, 2.05) is 0 Å². The van der Waals surface area contributed by atoms with Crippen molar-refractivity contribution in [1.29, 1.82) is 0 Å². The predicted octanol–water partition coefficient (Wildman–Crippen LogP) is 11.1. The molecule has 0 heteroatoms. The number of rotatable bonds is 3. The van der Waals surface area contributed by atoms with Gasteiger partial charge in [-0.05, 0) is 90.0 Å². The van der Waals surface area contributed by atoms with Crippen molar-refractivity contribution in [2.45, 2.75) is 19.3 Å². The molecular formula is C43H32. The van der Waals surface area contributed by atoms with Crippen LogP contribution < -0.4 is 0 Å². The zero-order valence-corrected chi connectivity index (χ0v) is 24.5. The molecule has 0 bridgehead atoms. The van der Waals surface area contributed by atoms with Crippen molar-refractivity contribution in [2.75, 3.05) is 0 Å². The molecule has 4 aliphatic rings. The summed E-state index contributed by atoms with van der Waals surface area (Å²) in [5, 5.41) is 0. The monoisotopic (exact) mass is 548 g/mol. The topological polar surface area (TPSA) is 0 Å².